The summed E-state index contributed by atoms with van der Waals surface area (Å²) in [4.78, 5) is 27.6. The van der Waals surface area contributed by atoms with E-state index in [0.29, 0.717) is 29.2 Å². The van der Waals surface area contributed by atoms with Gasteiger partial charge in [-0.3, -0.25) is 9.59 Å². The fraction of sp³-hybridized carbons (Fsp3) is 0.440. The number of benzene rings is 2. The Morgan fingerprint density at radius 1 is 1.00 bits per heavy atom. The molecule has 0 aliphatic carbocycles. The number of hydrogen-bond acceptors (Lipinski definition) is 3. The molecule has 0 atom stereocenters. The number of ketones is 1. The van der Waals surface area contributed by atoms with Gasteiger partial charge in [-0.05, 0) is 62.0 Å². The molecule has 0 unspecified atom stereocenters. The Labute approximate surface area is 174 Å². The highest BCUT2D eigenvalue weighted by molar-refractivity contribution is 6.09. The molecule has 1 aliphatic heterocycles. The summed E-state index contributed by atoms with van der Waals surface area (Å²) in [6, 6.07) is 15.0. The van der Waals surface area contributed by atoms with Gasteiger partial charge in [-0.25, -0.2) is 0 Å². The second-order valence-corrected chi connectivity index (χ2v) is 9.24. The van der Waals surface area contributed by atoms with Crippen molar-refractivity contribution in [1.82, 2.24) is 4.90 Å². The molecule has 1 heterocycles. The van der Waals surface area contributed by atoms with Gasteiger partial charge in [0.15, 0.2) is 5.78 Å². The third-order valence-electron chi connectivity index (χ3n) is 5.73. The molecule has 0 aromatic heterocycles. The molecule has 0 saturated carbocycles. The zero-order valence-corrected chi connectivity index (χ0v) is 18.0. The Hall–Kier alpha value is -2.46. The molecular weight excluding hydrogens is 360 g/mol. The van der Waals surface area contributed by atoms with Crippen LogP contribution in [0.4, 0.5) is 5.69 Å². The van der Waals surface area contributed by atoms with Crippen molar-refractivity contribution in [3.05, 3.63) is 65.2 Å². The minimum absolute atomic E-state index is 0.0266. The van der Waals surface area contributed by atoms with Crippen LogP contribution < -0.4 is 5.32 Å². The highest BCUT2D eigenvalue weighted by Crippen LogP contribution is 2.24. The minimum Gasteiger partial charge on any atom is -0.326 e. The predicted octanol–water partition coefficient (Wildman–Crippen LogP) is 4.89. The SMILES string of the molecule is CN1CCC(CC(=O)Nc2cccc(C(=O)c3ccc(C(C)(C)C)cc3)c2)CC1. The lowest BCUT2D eigenvalue weighted by Crippen LogP contribution is -2.31. The number of nitrogens with zero attached hydrogens (tertiary/aromatic N) is 1. The van der Waals surface area contributed by atoms with Gasteiger partial charge < -0.3 is 10.2 Å². The summed E-state index contributed by atoms with van der Waals surface area (Å²) in [7, 11) is 2.12. The molecule has 1 saturated heterocycles. The lowest BCUT2D eigenvalue weighted by atomic mass is 9.86. The van der Waals surface area contributed by atoms with Crippen LogP contribution in [0.15, 0.2) is 48.5 Å². The van der Waals surface area contributed by atoms with Gasteiger partial charge in [0, 0.05) is 23.2 Å². The van der Waals surface area contributed by atoms with Crippen LogP contribution in [-0.2, 0) is 10.2 Å². The van der Waals surface area contributed by atoms with Crippen molar-refractivity contribution in [1.29, 1.82) is 0 Å². The Kier molecular flexibility index (Phi) is 6.53. The Balaban J connectivity index is 1.64. The molecule has 1 N–H and O–H groups in total. The zero-order chi connectivity index (χ0) is 21.0. The number of amides is 1. The van der Waals surface area contributed by atoms with Crippen molar-refractivity contribution in [2.45, 2.75) is 45.4 Å². The maximum Gasteiger partial charge on any atom is 0.224 e. The van der Waals surface area contributed by atoms with Gasteiger partial charge in [0.05, 0.1) is 0 Å². The molecule has 2 aromatic carbocycles. The van der Waals surface area contributed by atoms with Crippen molar-refractivity contribution in [2.75, 3.05) is 25.5 Å². The molecule has 154 valence electrons. The predicted molar refractivity (Wildman–Crippen MR) is 118 cm³/mol. The molecular formula is C25H32N2O2. The van der Waals surface area contributed by atoms with Crippen LogP contribution in [0.5, 0.6) is 0 Å². The molecule has 4 heteroatoms. The lowest BCUT2D eigenvalue weighted by molar-refractivity contribution is -0.117. The average molecular weight is 393 g/mol. The van der Waals surface area contributed by atoms with E-state index >= 15 is 0 Å². The van der Waals surface area contributed by atoms with E-state index in [0.717, 1.165) is 25.9 Å². The smallest absolute Gasteiger partial charge is 0.224 e. The summed E-state index contributed by atoms with van der Waals surface area (Å²) in [5, 5.41) is 2.97. The Morgan fingerprint density at radius 2 is 1.66 bits per heavy atom. The van der Waals surface area contributed by atoms with E-state index in [4.69, 9.17) is 0 Å². The highest BCUT2D eigenvalue weighted by Gasteiger charge is 2.20. The van der Waals surface area contributed by atoms with Gasteiger partial charge in [0.1, 0.15) is 0 Å². The van der Waals surface area contributed by atoms with Crippen molar-refractivity contribution in [3.8, 4) is 0 Å². The summed E-state index contributed by atoms with van der Waals surface area (Å²) in [6.07, 6.45) is 2.67. The molecule has 29 heavy (non-hydrogen) atoms. The van der Waals surface area contributed by atoms with Crippen LogP contribution in [-0.4, -0.2) is 36.7 Å². The number of rotatable bonds is 5. The van der Waals surface area contributed by atoms with Gasteiger partial charge in [-0.1, -0.05) is 57.2 Å². The maximum absolute atomic E-state index is 12.9. The lowest BCUT2D eigenvalue weighted by Gasteiger charge is -2.28. The van der Waals surface area contributed by atoms with E-state index < -0.39 is 0 Å². The largest absolute Gasteiger partial charge is 0.326 e. The zero-order valence-electron chi connectivity index (χ0n) is 18.0. The number of piperidine rings is 1. The van der Waals surface area contributed by atoms with Gasteiger partial charge >= 0.3 is 0 Å². The summed E-state index contributed by atoms with van der Waals surface area (Å²) in [5.41, 5.74) is 3.18. The third-order valence-corrected chi connectivity index (χ3v) is 5.73. The van der Waals surface area contributed by atoms with E-state index in [1.54, 1.807) is 12.1 Å². The van der Waals surface area contributed by atoms with E-state index in [1.165, 1.54) is 5.56 Å². The minimum atomic E-state index is -0.0307. The number of hydrogen-bond donors (Lipinski definition) is 1. The van der Waals surface area contributed by atoms with Crippen LogP contribution in [0.25, 0.3) is 0 Å². The van der Waals surface area contributed by atoms with Crippen molar-refractivity contribution >= 4 is 17.4 Å². The molecule has 3 rings (SSSR count). The van der Waals surface area contributed by atoms with Crippen LogP contribution >= 0.6 is 0 Å². The molecule has 1 aliphatic rings. The topological polar surface area (TPSA) is 49.4 Å². The van der Waals surface area contributed by atoms with E-state index in [2.05, 4.69) is 38.0 Å². The number of anilines is 1. The molecule has 1 amide bonds. The standard InChI is InChI=1S/C25H32N2O2/c1-25(2,3)21-10-8-19(9-11-21)24(29)20-6-5-7-22(17-20)26-23(28)16-18-12-14-27(4)15-13-18/h5-11,17-18H,12-16H2,1-4H3,(H,26,28). The van der Waals surface area contributed by atoms with Gasteiger partial charge in [-0.15, -0.1) is 0 Å². The Morgan fingerprint density at radius 3 is 2.28 bits per heavy atom. The highest BCUT2D eigenvalue weighted by atomic mass is 16.1. The van der Waals surface area contributed by atoms with Crippen LogP contribution in [0.3, 0.4) is 0 Å². The van der Waals surface area contributed by atoms with Crippen molar-refractivity contribution < 1.29 is 9.59 Å². The van der Waals surface area contributed by atoms with Crippen molar-refractivity contribution in [3.63, 3.8) is 0 Å². The van der Waals surface area contributed by atoms with Crippen LogP contribution in [0, 0.1) is 5.92 Å². The first-order chi connectivity index (χ1) is 13.7. The maximum atomic E-state index is 12.9. The average Bonchev–Trinajstić information content (AvgIpc) is 2.69. The molecule has 0 spiro atoms. The fourth-order valence-electron chi connectivity index (χ4n) is 3.77. The first-order valence-corrected chi connectivity index (χ1v) is 10.5. The van der Waals surface area contributed by atoms with E-state index in [1.807, 2.05) is 36.4 Å². The normalized spacial score (nSPS) is 15.9. The first kappa shape index (κ1) is 21.3. The van der Waals surface area contributed by atoms with Gasteiger partial charge in [-0.2, -0.15) is 0 Å². The Bertz CT molecular complexity index is 857. The fourth-order valence-corrected chi connectivity index (χ4v) is 3.77. The molecule has 4 nitrogen and oxygen atoms in total. The second kappa shape index (κ2) is 8.91. The third kappa shape index (κ3) is 5.77. The van der Waals surface area contributed by atoms with Crippen molar-refractivity contribution in [2.24, 2.45) is 5.92 Å². The molecule has 0 bridgehead atoms. The summed E-state index contributed by atoms with van der Waals surface area (Å²) in [5.74, 6) is 0.438. The summed E-state index contributed by atoms with van der Waals surface area (Å²) < 4.78 is 0. The number of carbonyl (C=O) groups excluding carboxylic acids is 2. The monoisotopic (exact) mass is 392 g/mol. The quantitative estimate of drug-likeness (QED) is 0.738. The summed E-state index contributed by atoms with van der Waals surface area (Å²) in [6.45, 7) is 8.57. The summed E-state index contributed by atoms with van der Waals surface area (Å²) >= 11 is 0. The first-order valence-electron chi connectivity index (χ1n) is 10.5. The second-order valence-electron chi connectivity index (χ2n) is 9.24. The number of nitrogens with one attached hydrogen (secondary N) is 1. The molecule has 1 fully saturated rings. The van der Waals surface area contributed by atoms with Gasteiger partial charge in [0.25, 0.3) is 0 Å². The number of carbonyl (C=O) groups is 2. The van der Waals surface area contributed by atoms with E-state index in [-0.39, 0.29) is 17.1 Å². The van der Waals surface area contributed by atoms with E-state index in [9.17, 15) is 9.59 Å². The molecule has 0 radical (unpaired) electrons. The van der Waals surface area contributed by atoms with Crippen LogP contribution in [0.2, 0.25) is 0 Å². The molecule has 2 aromatic rings. The number of likely N-dealkylation sites (tertiary alicyclic amines) is 1. The van der Waals surface area contributed by atoms with Gasteiger partial charge in [0.2, 0.25) is 5.91 Å². The van der Waals surface area contributed by atoms with Crippen LogP contribution in [0.1, 0.15) is 61.5 Å².